The van der Waals surface area contributed by atoms with Gasteiger partial charge in [0.1, 0.15) is 0 Å². The highest BCUT2D eigenvalue weighted by Gasteiger charge is 2.24. The predicted molar refractivity (Wildman–Crippen MR) is 111 cm³/mol. The van der Waals surface area contributed by atoms with Crippen molar-refractivity contribution in [3.63, 3.8) is 0 Å². The molecule has 132 valence electrons. The second-order valence-corrected chi connectivity index (χ2v) is 8.38. The van der Waals surface area contributed by atoms with Crippen LogP contribution in [0.3, 0.4) is 0 Å². The lowest BCUT2D eigenvalue weighted by molar-refractivity contribution is 0.378. The maximum Gasteiger partial charge on any atom is 0.0302 e. The van der Waals surface area contributed by atoms with E-state index in [9.17, 15) is 0 Å². The van der Waals surface area contributed by atoms with E-state index in [1.54, 1.807) is 0 Å². The monoisotopic (exact) mass is 341 g/mol. The number of fused-ring (bicyclic) bond motifs is 3. The van der Waals surface area contributed by atoms with Crippen molar-refractivity contribution in [2.75, 3.05) is 0 Å². The maximum absolute atomic E-state index is 3.73. The van der Waals surface area contributed by atoms with Crippen LogP contribution in [0.2, 0.25) is 0 Å². The van der Waals surface area contributed by atoms with Crippen molar-refractivity contribution < 1.29 is 0 Å². The van der Waals surface area contributed by atoms with Crippen molar-refractivity contribution in [3.8, 4) is 22.3 Å². The predicted octanol–water partition coefficient (Wildman–Crippen LogP) is 6.37. The molecule has 0 aliphatic heterocycles. The van der Waals surface area contributed by atoms with Crippen molar-refractivity contribution in [2.24, 2.45) is 0 Å². The standard InChI is InChI=1S/C25H27N/c1-17(26-25(2,3)4)20-12-7-8-14-22(20)23-15-9-11-19-16-18-10-5-6-13-21(18)24(19)23/h5-15,17,26H,16H2,1-4H3. The van der Waals surface area contributed by atoms with E-state index in [4.69, 9.17) is 0 Å². The van der Waals surface area contributed by atoms with Gasteiger partial charge in [-0.2, -0.15) is 0 Å². The molecule has 3 aromatic rings. The zero-order valence-electron chi connectivity index (χ0n) is 16.1. The first-order chi connectivity index (χ1) is 12.4. The highest BCUT2D eigenvalue weighted by atomic mass is 15.0. The molecule has 0 saturated carbocycles. The largest absolute Gasteiger partial charge is 0.306 e. The summed E-state index contributed by atoms with van der Waals surface area (Å²) in [6, 6.07) is 24.7. The summed E-state index contributed by atoms with van der Waals surface area (Å²) >= 11 is 0. The summed E-state index contributed by atoms with van der Waals surface area (Å²) in [7, 11) is 0. The molecule has 0 bridgehead atoms. The van der Waals surface area contributed by atoms with E-state index in [0.717, 1.165) is 6.42 Å². The molecule has 3 aromatic carbocycles. The minimum Gasteiger partial charge on any atom is -0.306 e. The Balaban J connectivity index is 1.86. The molecule has 1 atom stereocenters. The van der Waals surface area contributed by atoms with Gasteiger partial charge in [-0.25, -0.2) is 0 Å². The fourth-order valence-corrected chi connectivity index (χ4v) is 4.26. The molecule has 26 heavy (non-hydrogen) atoms. The van der Waals surface area contributed by atoms with Gasteiger partial charge in [-0.05, 0) is 73.1 Å². The average Bonchev–Trinajstić information content (AvgIpc) is 2.99. The molecule has 0 saturated heterocycles. The van der Waals surface area contributed by atoms with Crippen molar-refractivity contribution >= 4 is 0 Å². The zero-order chi connectivity index (χ0) is 18.3. The fraction of sp³-hybridized carbons (Fsp3) is 0.280. The highest BCUT2D eigenvalue weighted by molar-refractivity contribution is 5.91. The highest BCUT2D eigenvalue weighted by Crippen LogP contribution is 2.44. The number of hydrogen-bond donors (Lipinski definition) is 1. The van der Waals surface area contributed by atoms with E-state index >= 15 is 0 Å². The van der Waals surface area contributed by atoms with E-state index in [-0.39, 0.29) is 5.54 Å². The zero-order valence-corrected chi connectivity index (χ0v) is 16.1. The summed E-state index contributed by atoms with van der Waals surface area (Å²) in [5.41, 5.74) is 9.82. The summed E-state index contributed by atoms with van der Waals surface area (Å²) in [4.78, 5) is 0. The lowest BCUT2D eigenvalue weighted by Gasteiger charge is -2.28. The second kappa shape index (κ2) is 6.41. The quantitative estimate of drug-likeness (QED) is 0.456. The van der Waals surface area contributed by atoms with Crippen LogP contribution in [0.1, 0.15) is 50.4 Å². The van der Waals surface area contributed by atoms with Crippen molar-refractivity contribution in [1.82, 2.24) is 5.32 Å². The van der Waals surface area contributed by atoms with Gasteiger partial charge in [0.2, 0.25) is 0 Å². The van der Waals surface area contributed by atoms with E-state index in [1.165, 1.54) is 38.9 Å². The average molecular weight is 341 g/mol. The first kappa shape index (κ1) is 17.1. The van der Waals surface area contributed by atoms with Crippen LogP contribution in [0, 0.1) is 0 Å². The molecular formula is C25H27N. The van der Waals surface area contributed by atoms with Crippen LogP contribution in [0.5, 0.6) is 0 Å². The van der Waals surface area contributed by atoms with Crippen LogP contribution >= 0.6 is 0 Å². The third-order valence-electron chi connectivity index (χ3n) is 5.19. The van der Waals surface area contributed by atoms with Crippen LogP contribution in [0.25, 0.3) is 22.3 Å². The van der Waals surface area contributed by atoms with Crippen LogP contribution in [-0.4, -0.2) is 5.54 Å². The van der Waals surface area contributed by atoms with Gasteiger partial charge < -0.3 is 5.32 Å². The Morgan fingerprint density at radius 1 is 0.731 bits per heavy atom. The van der Waals surface area contributed by atoms with Crippen molar-refractivity contribution in [3.05, 3.63) is 83.4 Å². The third-order valence-corrected chi connectivity index (χ3v) is 5.19. The van der Waals surface area contributed by atoms with Gasteiger partial charge >= 0.3 is 0 Å². The Morgan fingerprint density at radius 3 is 2.12 bits per heavy atom. The van der Waals surface area contributed by atoms with Crippen LogP contribution < -0.4 is 5.32 Å². The molecular weight excluding hydrogens is 314 g/mol. The Labute approximate surface area is 157 Å². The molecule has 1 aliphatic carbocycles. The summed E-state index contributed by atoms with van der Waals surface area (Å²) in [5, 5.41) is 3.73. The lowest BCUT2D eigenvalue weighted by atomic mass is 9.89. The molecule has 0 heterocycles. The van der Waals surface area contributed by atoms with Gasteiger partial charge in [-0.15, -0.1) is 0 Å². The van der Waals surface area contributed by atoms with Gasteiger partial charge in [0, 0.05) is 11.6 Å². The van der Waals surface area contributed by atoms with Crippen molar-refractivity contribution in [1.29, 1.82) is 0 Å². The molecule has 0 aromatic heterocycles. The van der Waals surface area contributed by atoms with Gasteiger partial charge in [0.25, 0.3) is 0 Å². The van der Waals surface area contributed by atoms with Crippen molar-refractivity contribution in [2.45, 2.75) is 45.7 Å². The fourth-order valence-electron chi connectivity index (χ4n) is 4.26. The molecule has 0 radical (unpaired) electrons. The van der Waals surface area contributed by atoms with E-state index in [1.807, 2.05) is 0 Å². The second-order valence-electron chi connectivity index (χ2n) is 8.38. The summed E-state index contributed by atoms with van der Waals surface area (Å²) in [5.74, 6) is 0. The SMILES string of the molecule is CC(NC(C)(C)C)c1ccccc1-c1cccc2c1-c1ccccc1C2. The van der Waals surface area contributed by atoms with Crippen LogP contribution in [0.4, 0.5) is 0 Å². The molecule has 1 nitrogen and oxygen atoms in total. The Kier molecular flexibility index (Phi) is 4.20. The Bertz CT molecular complexity index is 946. The smallest absolute Gasteiger partial charge is 0.0302 e. The number of rotatable bonds is 3. The molecule has 1 unspecified atom stereocenters. The molecule has 0 fully saturated rings. The summed E-state index contributed by atoms with van der Waals surface area (Å²) in [6.07, 6.45) is 1.04. The summed E-state index contributed by atoms with van der Waals surface area (Å²) < 4.78 is 0. The third kappa shape index (κ3) is 3.08. The Morgan fingerprint density at radius 2 is 1.35 bits per heavy atom. The number of hydrogen-bond acceptors (Lipinski definition) is 1. The molecule has 1 N–H and O–H groups in total. The van der Waals surface area contributed by atoms with Gasteiger partial charge in [-0.1, -0.05) is 66.7 Å². The Hall–Kier alpha value is -2.38. The molecule has 4 rings (SSSR count). The van der Waals surface area contributed by atoms with Gasteiger partial charge in [0.05, 0.1) is 0 Å². The minimum absolute atomic E-state index is 0.0811. The van der Waals surface area contributed by atoms with E-state index < -0.39 is 0 Å². The number of nitrogens with one attached hydrogen (secondary N) is 1. The molecule has 0 spiro atoms. The lowest BCUT2D eigenvalue weighted by Crippen LogP contribution is -2.37. The first-order valence-electron chi connectivity index (χ1n) is 9.51. The van der Waals surface area contributed by atoms with E-state index in [2.05, 4.69) is 99.7 Å². The normalized spacial score (nSPS) is 14.0. The maximum atomic E-state index is 3.73. The molecule has 1 aliphatic rings. The van der Waals surface area contributed by atoms with Gasteiger partial charge in [-0.3, -0.25) is 0 Å². The molecule has 0 amide bonds. The molecule has 1 heteroatoms. The van der Waals surface area contributed by atoms with E-state index in [0.29, 0.717) is 6.04 Å². The van der Waals surface area contributed by atoms with Crippen LogP contribution in [0.15, 0.2) is 66.7 Å². The first-order valence-corrected chi connectivity index (χ1v) is 9.51. The van der Waals surface area contributed by atoms with Gasteiger partial charge in [0.15, 0.2) is 0 Å². The summed E-state index contributed by atoms with van der Waals surface area (Å²) in [6.45, 7) is 8.94. The van der Waals surface area contributed by atoms with Crippen LogP contribution in [-0.2, 0) is 6.42 Å². The topological polar surface area (TPSA) is 12.0 Å². The number of benzene rings is 3. The minimum atomic E-state index is 0.0811.